The maximum Gasteiger partial charge on any atom is 0.231 e. The monoisotopic (exact) mass is 262 g/mol. The van der Waals surface area contributed by atoms with Crippen LogP contribution >= 0.6 is 0 Å². The number of hydrogen-bond donors (Lipinski definition) is 1. The van der Waals surface area contributed by atoms with Crippen LogP contribution in [-0.2, 0) is 6.54 Å². The second-order valence-corrected chi connectivity index (χ2v) is 5.62. The van der Waals surface area contributed by atoms with Crippen molar-refractivity contribution in [2.45, 2.75) is 38.4 Å². The summed E-state index contributed by atoms with van der Waals surface area (Å²) in [5.41, 5.74) is 1.26. The van der Waals surface area contributed by atoms with E-state index in [0.717, 1.165) is 18.0 Å². The Balaban J connectivity index is 1.55. The quantitative estimate of drug-likeness (QED) is 0.903. The molecule has 0 saturated carbocycles. The Bertz CT molecular complexity index is 450. The van der Waals surface area contributed by atoms with Crippen molar-refractivity contribution in [2.75, 3.05) is 20.4 Å². The molecule has 1 aromatic rings. The maximum absolute atomic E-state index is 5.41. The predicted molar refractivity (Wildman–Crippen MR) is 74.5 cm³/mol. The summed E-state index contributed by atoms with van der Waals surface area (Å²) in [6.07, 6.45) is 2.45. The molecule has 0 spiro atoms. The molecule has 4 heteroatoms. The molecule has 0 amide bonds. The fourth-order valence-electron chi connectivity index (χ4n) is 2.79. The first-order valence-electron chi connectivity index (χ1n) is 7.04. The highest BCUT2D eigenvalue weighted by Gasteiger charge is 2.22. The molecule has 2 atom stereocenters. The minimum Gasteiger partial charge on any atom is -0.454 e. The number of fused-ring (bicyclic) bond motifs is 1. The maximum atomic E-state index is 5.41. The third-order valence-corrected chi connectivity index (χ3v) is 4.24. The molecular formula is C15H22N2O2. The van der Waals surface area contributed by atoms with Gasteiger partial charge in [-0.05, 0) is 51.1 Å². The van der Waals surface area contributed by atoms with Gasteiger partial charge >= 0.3 is 0 Å². The highest BCUT2D eigenvalue weighted by molar-refractivity contribution is 5.44. The lowest BCUT2D eigenvalue weighted by molar-refractivity contribution is 0.168. The van der Waals surface area contributed by atoms with Gasteiger partial charge in [0.05, 0.1) is 0 Å². The molecule has 0 bridgehead atoms. The lowest BCUT2D eigenvalue weighted by Crippen LogP contribution is -2.45. The molecule has 3 rings (SSSR count). The number of ether oxygens (including phenoxy) is 2. The van der Waals surface area contributed by atoms with Crippen LogP contribution in [0, 0.1) is 0 Å². The molecule has 1 N–H and O–H groups in total. The summed E-state index contributed by atoms with van der Waals surface area (Å²) in [5.74, 6) is 1.73. The van der Waals surface area contributed by atoms with E-state index in [1.54, 1.807) is 0 Å². The van der Waals surface area contributed by atoms with Gasteiger partial charge in [-0.25, -0.2) is 0 Å². The third kappa shape index (κ3) is 2.85. The zero-order chi connectivity index (χ0) is 13.2. The summed E-state index contributed by atoms with van der Waals surface area (Å²) in [5, 5.41) is 3.66. The minimum atomic E-state index is 0.346. The van der Waals surface area contributed by atoms with Crippen molar-refractivity contribution in [1.82, 2.24) is 10.2 Å². The molecule has 2 aliphatic rings. The molecule has 0 aromatic heterocycles. The molecule has 2 heterocycles. The molecular weight excluding hydrogens is 240 g/mol. The molecule has 4 nitrogen and oxygen atoms in total. The number of benzene rings is 1. The summed E-state index contributed by atoms with van der Waals surface area (Å²) >= 11 is 0. The zero-order valence-electron chi connectivity index (χ0n) is 11.7. The number of nitrogens with zero attached hydrogens (tertiary/aromatic N) is 1. The van der Waals surface area contributed by atoms with Gasteiger partial charge in [0.1, 0.15) is 0 Å². The van der Waals surface area contributed by atoms with Crippen LogP contribution in [0.15, 0.2) is 18.2 Å². The zero-order valence-corrected chi connectivity index (χ0v) is 11.7. The van der Waals surface area contributed by atoms with E-state index in [1.807, 2.05) is 6.07 Å². The van der Waals surface area contributed by atoms with E-state index in [-0.39, 0.29) is 0 Å². The Hall–Kier alpha value is -1.26. The molecule has 1 fully saturated rings. The van der Waals surface area contributed by atoms with Crippen molar-refractivity contribution in [3.63, 3.8) is 0 Å². The first-order chi connectivity index (χ1) is 9.22. The second kappa shape index (κ2) is 5.39. The van der Waals surface area contributed by atoms with E-state index < -0.39 is 0 Å². The highest BCUT2D eigenvalue weighted by atomic mass is 16.7. The summed E-state index contributed by atoms with van der Waals surface area (Å²) in [6, 6.07) is 7.48. The average molecular weight is 262 g/mol. The summed E-state index contributed by atoms with van der Waals surface area (Å²) < 4.78 is 10.7. The summed E-state index contributed by atoms with van der Waals surface area (Å²) in [6.45, 7) is 4.73. The Kier molecular flexibility index (Phi) is 3.62. The van der Waals surface area contributed by atoms with Crippen molar-refractivity contribution in [3.8, 4) is 11.5 Å². The topological polar surface area (TPSA) is 33.7 Å². The summed E-state index contributed by atoms with van der Waals surface area (Å²) in [7, 11) is 2.21. The van der Waals surface area contributed by atoms with Crippen molar-refractivity contribution < 1.29 is 9.47 Å². The van der Waals surface area contributed by atoms with E-state index in [9.17, 15) is 0 Å². The van der Waals surface area contributed by atoms with E-state index in [4.69, 9.17) is 9.47 Å². The van der Waals surface area contributed by atoms with Gasteiger partial charge in [-0.1, -0.05) is 6.07 Å². The van der Waals surface area contributed by atoms with Crippen LogP contribution in [0.3, 0.4) is 0 Å². The van der Waals surface area contributed by atoms with Gasteiger partial charge in [0, 0.05) is 18.6 Å². The SMILES string of the molecule is CC1CC(NCc2ccc3c(c2)OCO3)CCN1C. The molecule has 2 aliphatic heterocycles. The Morgan fingerprint density at radius 1 is 1.32 bits per heavy atom. The molecule has 0 aliphatic carbocycles. The van der Waals surface area contributed by atoms with Crippen molar-refractivity contribution in [2.24, 2.45) is 0 Å². The number of rotatable bonds is 3. The molecule has 0 radical (unpaired) electrons. The Labute approximate surface area is 114 Å². The first kappa shape index (κ1) is 12.8. The fourth-order valence-corrected chi connectivity index (χ4v) is 2.79. The summed E-state index contributed by atoms with van der Waals surface area (Å²) in [4.78, 5) is 2.43. The van der Waals surface area contributed by atoms with Gasteiger partial charge in [0.15, 0.2) is 11.5 Å². The predicted octanol–water partition coefficient (Wildman–Crippen LogP) is 1.99. The van der Waals surface area contributed by atoms with Gasteiger partial charge in [0.2, 0.25) is 6.79 Å². The van der Waals surface area contributed by atoms with Crippen molar-refractivity contribution in [3.05, 3.63) is 23.8 Å². The Morgan fingerprint density at radius 3 is 3.00 bits per heavy atom. The molecule has 1 aromatic carbocycles. The highest BCUT2D eigenvalue weighted by Crippen LogP contribution is 2.32. The largest absolute Gasteiger partial charge is 0.454 e. The molecule has 1 saturated heterocycles. The van der Waals surface area contributed by atoms with Crippen LogP contribution in [-0.4, -0.2) is 37.4 Å². The number of hydrogen-bond acceptors (Lipinski definition) is 4. The van der Waals surface area contributed by atoms with Crippen molar-refractivity contribution >= 4 is 0 Å². The van der Waals surface area contributed by atoms with E-state index in [0.29, 0.717) is 18.9 Å². The van der Waals surface area contributed by atoms with Crippen LogP contribution < -0.4 is 14.8 Å². The second-order valence-electron chi connectivity index (χ2n) is 5.62. The first-order valence-corrected chi connectivity index (χ1v) is 7.04. The number of piperidine rings is 1. The minimum absolute atomic E-state index is 0.346. The van der Waals surface area contributed by atoms with Gasteiger partial charge in [-0.3, -0.25) is 0 Å². The smallest absolute Gasteiger partial charge is 0.231 e. The van der Waals surface area contributed by atoms with E-state index in [1.165, 1.54) is 24.9 Å². The van der Waals surface area contributed by atoms with Crippen molar-refractivity contribution in [1.29, 1.82) is 0 Å². The van der Waals surface area contributed by atoms with Gasteiger partial charge < -0.3 is 19.7 Å². The van der Waals surface area contributed by atoms with E-state index >= 15 is 0 Å². The van der Waals surface area contributed by atoms with Gasteiger partial charge in [-0.15, -0.1) is 0 Å². The van der Waals surface area contributed by atoms with Gasteiger partial charge in [0.25, 0.3) is 0 Å². The average Bonchev–Trinajstić information content (AvgIpc) is 2.87. The van der Waals surface area contributed by atoms with E-state index in [2.05, 4.69) is 36.3 Å². The third-order valence-electron chi connectivity index (χ3n) is 4.24. The fraction of sp³-hybridized carbons (Fsp3) is 0.600. The molecule has 19 heavy (non-hydrogen) atoms. The number of nitrogens with one attached hydrogen (secondary N) is 1. The van der Waals surface area contributed by atoms with Crippen LogP contribution in [0.25, 0.3) is 0 Å². The standard InChI is InChI=1S/C15H22N2O2/c1-11-7-13(5-6-17(11)2)16-9-12-3-4-14-15(8-12)19-10-18-14/h3-4,8,11,13,16H,5-7,9-10H2,1-2H3. The molecule has 2 unspecified atom stereocenters. The normalized spacial score (nSPS) is 26.6. The van der Waals surface area contributed by atoms with Crippen LogP contribution in [0.2, 0.25) is 0 Å². The van der Waals surface area contributed by atoms with Crippen LogP contribution in [0.4, 0.5) is 0 Å². The van der Waals surface area contributed by atoms with Crippen LogP contribution in [0.5, 0.6) is 11.5 Å². The van der Waals surface area contributed by atoms with Crippen LogP contribution in [0.1, 0.15) is 25.3 Å². The number of likely N-dealkylation sites (tertiary alicyclic amines) is 1. The Morgan fingerprint density at radius 2 is 2.16 bits per heavy atom. The lowest BCUT2D eigenvalue weighted by atomic mass is 9.98. The van der Waals surface area contributed by atoms with Gasteiger partial charge in [-0.2, -0.15) is 0 Å². The lowest BCUT2D eigenvalue weighted by Gasteiger charge is -2.35. The molecule has 104 valence electrons.